The number of benzene rings is 1. The largest absolute Gasteiger partial charge is 0.502 e. The van der Waals surface area contributed by atoms with Crippen LogP contribution in [0.5, 0.6) is 0 Å². The number of halogens is 4. The third kappa shape index (κ3) is 2.62. The van der Waals surface area contributed by atoms with E-state index in [2.05, 4.69) is 0 Å². The van der Waals surface area contributed by atoms with E-state index in [0.717, 1.165) is 0 Å². The Kier molecular flexibility index (Phi) is 3.44. The van der Waals surface area contributed by atoms with Crippen LogP contribution < -0.4 is 0 Å². The van der Waals surface area contributed by atoms with E-state index in [-0.39, 0.29) is 12.1 Å². The molecule has 0 aliphatic rings. The first-order valence-electron chi connectivity index (χ1n) is 3.96. The summed E-state index contributed by atoms with van der Waals surface area (Å²) in [6, 6.07) is 0.523. The molecular formula is C7H4F4O5S2. The highest BCUT2D eigenvalue weighted by molar-refractivity contribution is 7.92. The number of hydrogen-bond acceptors (Lipinski definition) is 4. The molecule has 102 valence electrons. The van der Waals surface area contributed by atoms with Crippen molar-refractivity contribution in [1.82, 2.24) is 0 Å². The maximum Gasteiger partial charge on any atom is 0.502 e. The van der Waals surface area contributed by atoms with Crippen LogP contribution in [0.2, 0.25) is 0 Å². The summed E-state index contributed by atoms with van der Waals surface area (Å²) in [5.74, 6) is -1.78. The zero-order valence-electron chi connectivity index (χ0n) is 8.14. The summed E-state index contributed by atoms with van der Waals surface area (Å²) in [6.07, 6.45) is 0. The van der Waals surface area contributed by atoms with Gasteiger partial charge in [-0.05, 0) is 18.2 Å². The van der Waals surface area contributed by atoms with E-state index in [9.17, 15) is 34.4 Å². The van der Waals surface area contributed by atoms with Gasteiger partial charge in [0.2, 0.25) is 0 Å². The fourth-order valence-corrected chi connectivity index (χ4v) is 2.41. The molecule has 18 heavy (non-hydrogen) atoms. The molecule has 0 fully saturated rings. The first-order valence-corrected chi connectivity index (χ1v) is 6.88. The van der Waals surface area contributed by atoms with Gasteiger partial charge < -0.3 is 0 Å². The summed E-state index contributed by atoms with van der Waals surface area (Å²) in [6.45, 7) is 0. The van der Waals surface area contributed by atoms with Crippen molar-refractivity contribution in [2.75, 3.05) is 0 Å². The SMILES string of the molecule is O=S(=O)(O)c1ccc(F)c(S(=O)(=O)C(F)(F)F)c1. The Labute approximate surface area is 98.7 Å². The predicted molar refractivity (Wildman–Crippen MR) is 49.5 cm³/mol. The lowest BCUT2D eigenvalue weighted by Crippen LogP contribution is -2.24. The smallest absolute Gasteiger partial charge is 0.282 e. The first-order chi connectivity index (χ1) is 7.87. The molecule has 1 N–H and O–H groups in total. The Bertz CT molecular complexity index is 674. The van der Waals surface area contributed by atoms with E-state index in [0.29, 0.717) is 6.07 Å². The predicted octanol–water partition coefficient (Wildman–Crippen LogP) is 1.37. The Morgan fingerprint density at radius 2 is 1.56 bits per heavy atom. The van der Waals surface area contributed by atoms with Crippen molar-refractivity contribution in [3.63, 3.8) is 0 Å². The van der Waals surface area contributed by atoms with Gasteiger partial charge in [-0.2, -0.15) is 21.6 Å². The standard InChI is InChI=1S/C7H4F4O5S2/c8-5-2-1-4(18(14,15)16)3-6(5)17(12,13)7(9,10)11/h1-3H,(H,14,15,16). The summed E-state index contributed by atoms with van der Waals surface area (Å²) in [4.78, 5) is -3.03. The van der Waals surface area contributed by atoms with Crippen molar-refractivity contribution in [1.29, 1.82) is 0 Å². The summed E-state index contributed by atoms with van der Waals surface area (Å²) in [5.41, 5.74) is -5.79. The fraction of sp³-hybridized carbons (Fsp3) is 0.143. The molecule has 0 bridgehead atoms. The van der Waals surface area contributed by atoms with Gasteiger partial charge in [-0.25, -0.2) is 12.8 Å². The summed E-state index contributed by atoms with van der Waals surface area (Å²) in [5, 5.41) is 0. The van der Waals surface area contributed by atoms with E-state index in [1.54, 1.807) is 0 Å². The van der Waals surface area contributed by atoms with Gasteiger partial charge in [0.05, 0.1) is 4.90 Å². The zero-order valence-corrected chi connectivity index (χ0v) is 9.77. The molecule has 0 saturated heterocycles. The van der Waals surface area contributed by atoms with Crippen molar-refractivity contribution in [2.45, 2.75) is 15.3 Å². The minimum absolute atomic E-state index is 0.104. The second-order valence-electron chi connectivity index (χ2n) is 3.02. The lowest BCUT2D eigenvalue weighted by molar-refractivity contribution is -0.0437. The molecule has 0 amide bonds. The molecule has 0 heterocycles. The molecule has 5 nitrogen and oxygen atoms in total. The number of rotatable bonds is 2. The fourth-order valence-electron chi connectivity index (χ4n) is 0.975. The Hall–Kier alpha value is -1.20. The minimum Gasteiger partial charge on any atom is -0.282 e. The van der Waals surface area contributed by atoms with Crippen LogP contribution in [0.1, 0.15) is 0 Å². The zero-order chi connectivity index (χ0) is 14.4. The molecular weight excluding hydrogens is 304 g/mol. The van der Waals surface area contributed by atoms with E-state index in [1.807, 2.05) is 0 Å². The monoisotopic (exact) mass is 308 g/mol. The van der Waals surface area contributed by atoms with Crippen molar-refractivity contribution in [3.05, 3.63) is 24.0 Å². The second-order valence-corrected chi connectivity index (χ2v) is 6.35. The van der Waals surface area contributed by atoms with Gasteiger partial charge in [0.1, 0.15) is 10.7 Å². The third-order valence-corrected chi connectivity index (χ3v) is 4.15. The van der Waals surface area contributed by atoms with Crippen molar-refractivity contribution in [3.8, 4) is 0 Å². The van der Waals surface area contributed by atoms with Gasteiger partial charge in [0, 0.05) is 0 Å². The third-order valence-electron chi connectivity index (χ3n) is 1.79. The normalized spacial score (nSPS) is 13.6. The van der Waals surface area contributed by atoms with Gasteiger partial charge in [0.25, 0.3) is 20.0 Å². The van der Waals surface area contributed by atoms with Gasteiger partial charge in [-0.15, -0.1) is 0 Å². The van der Waals surface area contributed by atoms with Crippen molar-refractivity contribution in [2.24, 2.45) is 0 Å². The first kappa shape index (κ1) is 14.9. The molecule has 0 saturated carbocycles. The Morgan fingerprint density at radius 1 is 1.06 bits per heavy atom. The summed E-state index contributed by atoms with van der Waals surface area (Å²) < 4.78 is 101. The lowest BCUT2D eigenvalue weighted by atomic mass is 10.3. The van der Waals surface area contributed by atoms with Gasteiger partial charge in [0.15, 0.2) is 0 Å². The van der Waals surface area contributed by atoms with Gasteiger partial charge in [-0.3, -0.25) is 4.55 Å². The summed E-state index contributed by atoms with van der Waals surface area (Å²) in [7, 11) is -11.0. The number of alkyl halides is 3. The molecule has 0 aliphatic carbocycles. The van der Waals surface area contributed by atoms with Gasteiger partial charge >= 0.3 is 5.51 Å². The van der Waals surface area contributed by atoms with Crippen LogP contribution in [0.15, 0.2) is 28.0 Å². The number of hydrogen-bond donors (Lipinski definition) is 1. The van der Waals surface area contributed by atoms with E-state index < -0.39 is 41.1 Å². The van der Waals surface area contributed by atoms with Crippen molar-refractivity contribution < 1.29 is 39.0 Å². The second kappa shape index (κ2) is 4.17. The Balaban J connectivity index is 3.63. The molecule has 0 spiro atoms. The number of sulfone groups is 1. The van der Waals surface area contributed by atoms with Crippen LogP contribution >= 0.6 is 0 Å². The average Bonchev–Trinajstić information content (AvgIpc) is 2.14. The highest BCUT2D eigenvalue weighted by Crippen LogP contribution is 2.32. The van der Waals surface area contributed by atoms with E-state index >= 15 is 0 Å². The van der Waals surface area contributed by atoms with Crippen LogP contribution in [-0.4, -0.2) is 26.9 Å². The molecule has 11 heteroatoms. The highest BCUT2D eigenvalue weighted by atomic mass is 32.2. The lowest BCUT2D eigenvalue weighted by Gasteiger charge is -2.09. The van der Waals surface area contributed by atoms with Crippen LogP contribution in [-0.2, 0) is 20.0 Å². The van der Waals surface area contributed by atoms with Crippen LogP contribution in [0.4, 0.5) is 17.6 Å². The quantitative estimate of drug-likeness (QED) is 0.658. The highest BCUT2D eigenvalue weighted by Gasteiger charge is 2.48. The van der Waals surface area contributed by atoms with Crippen LogP contribution in [0.25, 0.3) is 0 Å². The maximum atomic E-state index is 13.0. The molecule has 0 unspecified atom stereocenters. The molecule has 1 rings (SSSR count). The van der Waals surface area contributed by atoms with E-state index in [1.165, 1.54) is 0 Å². The molecule has 1 aromatic rings. The molecule has 1 aromatic carbocycles. The van der Waals surface area contributed by atoms with E-state index in [4.69, 9.17) is 4.55 Å². The van der Waals surface area contributed by atoms with Gasteiger partial charge in [-0.1, -0.05) is 0 Å². The average molecular weight is 308 g/mol. The maximum absolute atomic E-state index is 13.0. The molecule has 0 radical (unpaired) electrons. The molecule has 0 atom stereocenters. The topological polar surface area (TPSA) is 88.5 Å². The Morgan fingerprint density at radius 3 is 1.94 bits per heavy atom. The van der Waals surface area contributed by atoms with Crippen LogP contribution in [0, 0.1) is 5.82 Å². The molecule has 0 aromatic heterocycles. The minimum atomic E-state index is -6.04. The summed E-state index contributed by atoms with van der Waals surface area (Å²) >= 11 is 0. The van der Waals surface area contributed by atoms with Crippen molar-refractivity contribution >= 4 is 20.0 Å². The molecule has 0 aliphatic heterocycles. The van der Waals surface area contributed by atoms with Crippen LogP contribution in [0.3, 0.4) is 0 Å².